The lowest BCUT2D eigenvalue weighted by Crippen LogP contribution is -2.32. The number of aromatic nitrogens is 1. The average molecular weight is 410 g/mol. The number of pyridine rings is 1. The summed E-state index contributed by atoms with van der Waals surface area (Å²) in [7, 11) is 0. The molecule has 3 rings (SSSR count). The summed E-state index contributed by atoms with van der Waals surface area (Å²) in [5.41, 5.74) is -0.151. The largest absolute Gasteiger partial charge is 0.416 e. The highest BCUT2D eigenvalue weighted by atomic mass is 19.4. The molecule has 5 nitrogen and oxygen atoms in total. The van der Waals surface area contributed by atoms with Crippen LogP contribution in [0.3, 0.4) is 0 Å². The molecule has 0 saturated carbocycles. The van der Waals surface area contributed by atoms with Crippen LogP contribution in [0.1, 0.15) is 5.56 Å². The van der Waals surface area contributed by atoms with Crippen LogP contribution in [-0.4, -0.2) is 24.1 Å². The number of halogens is 5. The first-order valence-electron chi connectivity index (χ1n) is 8.44. The molecule has 0 unspecified atom stereocenters. The fourth-order valence-electron chi connectivity index (χ4n) is 2.62. The van der Waals surface area contributed by atoms with Gasteiger partial charge in [0.25, 0.3) is 0 Å². The Morgan fingerprint density at radius 3 is 2.41 bits per heavy atom. The van der Waals surface area contributed by atoms with Crippen LogP contribution >= 0.6 is 0 Å². The van der Waals surface area contributed by atoms with E-state index in [1.165, 1.54) is 6.20 Å². The molecule has 152 valence electrons. The standard InChI is InChI=1S/C19H15F5N4O/c20-12-9-14-16(5-6-26-17(14)15(21)10-12)25-7-8-27-18(29)28-13-3-1-11(2-4-13)19(22,23)24/h1-6,9-10H,7-8H2,(H,25,26)(H2,27,28,29). The fourth-order valence-corrected chi connectivity index (χ4v) is 2.62. The van der Waals surface area contributed by atoms with Crippen molar-refractivity contribution in [2.75, 3.05) is 23.7 Å². The van der Waals surface area contributed by atoms with Crippen LogP contribution in [0.15, 0.2) is 48.7 Å². The Hall–Kier alpha value is -3.43. The highest BCUT2D eigenvalue weighted by Crippen LogP contribution is 2.29. The van der Waals surface area contributed by atoms with Gasteiger partial charge in [-0.2, -0.15) is 13.2 Å². The van der Waals surface area contributed by atoms with Crippen molar-refractivity contribution in [3.8, 4) is 0 Å². The van der Waals surface area contributed by atoms with E-state index in [-0.39, 0.29) is 29.7 Å². The Bertz CT molecular complexity index is 1020. The lowest BCUT2D eigenvalue weighted by Gasteiger charge is -2.12. The van der Waals surface area contributed by atoms with Gasteiger partial charge in [-0.3, -0.25) is 4.98 Å². The summed E-state index contributed by atoms with van der Waals surface area (Å²) >= 11 is 0. The van der Waals surface area contributed by atoms with Crippen molar-refractivity contribution in [1.82, 2.24) is 10.3 Å². The molecule has 10 heteroatoms. The van der Waals surface area contributed by atoms with Crippen LogP contribution in [0.5, 0.6) is 0 Å². The van der Waals surface area contributed by atoms with Crippen molar-refractivity contribution >= 4 is 28.3 Å². The Morgan fingerprint density at radius 1 is 1.00 bits per heavy atom. The lowest BCUT2D eigenvalue weighted by molar-refractivity contribution is -0.137. The van der Waals surface area contributed by atoms with E-state index in [9.17, 15) is 26.7 Å². The molecule has 0 bridgehead atoms. The predicted octanol–water partition coefficient (Wildman–Crippen LogP) is 4.77. The molecule has 0 radical (unpaired) electrons. The molecule has 0 aliphatic rings. The molecule has 29 heavy (non-hydrogen) atoms. The first-order chi connectivity index (χ1) is 13.7. The number of amides is 2. The normalized spacial score (nSPS) is 11.3. The zero-order valence-electron chi connectivity index (χ0n) is 14.8. The van der Waals surface area contributed by atoms with Crippen LogP contribution in [0.2, 0.25) is 0 Å². The number of anilines is 2. The molecular weight excluding hydrogens is 395 g/mol. The molecular formula is C19H15F5N4O. The predicted molar refractivity (Wildman–Crippen MR) is 98.6 cm³/mol. The van der Waals surface area contributed by atoms with Crippen LogP contribution in [0.4, 0.5) is 38.1 Å². The number of alkyl halides is 3. The topological polar surface area (TPSA) is 66.0 Å². The molecule has 1 heterocycles. The zero-order chi connectivity index (χ0) is 21.0. The van der Waals surface area contributed by atoms with Crippen molar-refractivity contribution in [2.24, 2.45) is 0 Å². The van der Waals surface area contributed by atoms with Crippen molar-refractivity contribution in [2.45, 2.75) is 6.18 Å². The Labute approximate surface area is 161 Å². The maximum Gasteiger partial charge on any atom is 0.416 e. The van der Waals surface area contributed by atoms with Gasteiger partial charge in [0.05, 0.1) is 5.56 Å². The van der Waals surface area contributed by atoms with Crippen molar-refractivity contribution in [3.63, 3.8) is 0 Å². The van der Waals surface area contributed by atoms with E-state index in [4.69, 9.17) is 0 Å². The minimum absolute atomic E-state index is 0.0180. The number of benzene rings is 2. The highest BCUT2D eigenvalue weighted by Gasteiger charge is 2.29. The van der Waals surface area contributed by atoms with E-state index < -0.39 is 29.4 Å². The molecule has 2 aromatic carbocycles. The summed E-state index contributed by atoms with van der Waals surface area (Å²) in [6.07, 6.45) is -3.08. The third kappa shape index (κ3) is 5.09. The SMILES string of the molecule is O=C(NCCNc1ccnc2c(F)cc(F)cc12)Nc1ccc(C(F)(F)F)cc1. The number of hydrogen-bond acceptors (Lipinski definition) is 3. The summed E-state index contributed by atoms with van der Waals surface area (Å²) in [4.78, 5) is 15.7. The zero-order valence-corrected chi connectivity index (χ0v) is 14.8. The molecule has 0 aliphatic heterocycles. The van der Waals surface area contributed by atoms with Gasteiger partial charge in [0.1, 0.15) is 11.3 Å². The summed E-state index contributed by atoms with van der Waals surface area (Å²) < 4.78 is 64.8. The minimum atomic E-state index is -4.45. The van der Waals surface area contributed by atoms with Gasteiger partial charge in [0.2, 0.25) is 0 Å². The monoisotopic (exact) mass is 410 g/mol. The van der Waals surface area contributed by atoms with E-state index >= 15 is 0 Å². The second-order valence-corrected chi connectivity index (χ2v) is 6.03. The molecule has 0 saturated heterocycles. The Balaban J connectivity index is 1.52. The average Bonchev–Trinajstić information content (AvgIpc) is 2.65. The fraction of sp³-hybridized carbons (Fsp3) is 0.158. The van der Waals surface area contributed by atoms with E-state index in [2.05, 4.69) is 20.9 Å². The van der Waals surface area contributed by atoms with Crippen LogP contribution < -0.4 is 16.0 Å². The van der Waals surface area contributed by atoms with E-state index in [1.807, 2.05) is 0 Å². The first-order valence-corrected chi connectivity index (χ1v) is 8.44. The van der Waals surface area contributed by atoms with Crippen molar-refractivity contribution in [1.29, 1.82) is 0 Å². The van der Waals surface area contributed by atoms with Gasteiger partial charge >= 0.3 is 12.2 Å². The molecule has 3 aromatic rings. The molecule has 2 amide bonds. The number of nitrogens with one attached hydrogen (secondary N) is 3. The van der Waals surface area contributed by atoms with Gasteiger partial charge < -0.3 is 16.0 Å². The smallest absolute Gasteiger partial charge is 0.383 e. The number of rotatable bonds is 5. The summed E-state index contributed by atoms with van der Waals surface area (Å²) in [6.45, 7) is 0.381. The highest BCUT2D eigenvalue weighted by molar-refractivity contribution is 5.91. The quantitative estimate of drug-likeness (QED) is 0.420. The number of urea groups is 1. The molecule has 0 fully saturated rings. The number of fused-ring (bicyclic) bond motifs is 1. The van der Waals surface area contributed by atoms with Crippen LogP contribution in [-0.2, 0) is 6.18 Å². The maximum atomic E-state index is 13.8. The minimum Gasteiger partial charge on any atom is -0.383 e. The van der Waals surface area contributed by atoms with Gasteiger partial charge in [0.15, 0.2) is 5.82 Å². The third-order valence-corrected chi connectivity index (χ3v) is 3.96. The number of hydrogen-bond donors (Lipinski definition) is 3. The summed E-state index contributed by atoms with van der Waals surface area (Å²) in [5, 5.41) is 8.14. The third-order valence-electron chi connectivity index (χ3n) is 3.96. The summed E-state index contributed by atoms with van der Waals surface area (Å²) in [6, 6.07) is 6.85. The second kappa shape index (κ2) is 8.29. The number of nitrogens with zero attached hydrogens (tertiary/aromatic N) is 1. The van der Waals surface area contributed by atoms with Crippen molar-refractivity contribution < 1.29 is 26.7 Å². The van der Waals surface area contributed by atoms with Gasteiger partial charge in [-0.15, -0.1) is 0 Å². The Morgan fingerprint density at radius 2 is 1.72 bits per heavy atom. The molecule has 1 aromatic heterocycles. The lowest BCUT2D eigenvalue weighted by atomic mass is 10.1. The van der Waals surface area contributed by atoms with Gasteiger partial charge in [-0.1, -0.05) is 0 Å². The summed E-state index contributed by atoms with van der Waals surface area (Å²) in [5.74, 6) is -1.52. The van der Waals surface area contributed by atoms with E-state index in [0.29, 0.717) is 5.69 Å². The van der Waals surface area contributed by atoms with Gasteiger partial charge in [-0.25, -0.2) is 13.6 Å². The first kappa shape index (κ1) is 20.3. The number of carbonyl (C=O) groups excluding carboxylic acids is 1. The second-order valence-electron chi connectivity index (χ2n) is 6.03. The molecule has 0 atom stereocenters. The molecule has 3 N–H and O–H groups in total. The van der Waals surface area contributed by atoms with E-state index in [1.54, 1.807) is 6.07 Å². The van der Waals surface area contributed by atoms with Gasteiger partial charge in [-0.05, 0) is 36.4 Å². The van der Waals surface area contributed by atoms with Crippen LogP contribution in [0, 0.1) is 11.6 Å². The van der Waals surface area contributed by atoms with Gasteiger partial charge in [0, 0.05) is 42.1 Å². The van der Waals surface area contributed by atoms with E-state index in [0.717, 1.165) is 36.4 Å². The molecule has 0 aliphatic carbocycles. The van der Waals surface area contributed by atoms with Crippen LogP contribution in [0.25, 0.3) is 10.9 Å². The number of carbonyl (C=O) groups is 1. The molecule has 0 spiro atoms. The maximum absolute atomic E-state index is 13.8. The Kier molecular flexibility index (Phi) is 5.81. The van der Waals surface area contributed by atoms with Crippen molar-refractivity contribution in [3.05, 3.63) is 65.9 Å².